The van der Waals surface area contributed by atoms with E-state index in [0.717, 1.165) is 45.4 Å². The van der Waals surface area contributed by atoms with Crippen molar-refractivity contribution in [1.29, 1.82) is 0 Å². The highest BCUT2D eigenvalue weighted by molar-refractivity contribution is 5.85. The molecule has 132 valence electrons. The van der Waals surface area contributed by atoms with Crippen molar-refractivity contribution < 1.29 is 9.53 Å². The van der Waals surface area contributed by atoms with E-state index in [1.165, 1.54) is 25.9 Å². The van der Waals surface area contributed by atoms with Crippen molar-refractivity contribution in [3.05, 3.63) is 0 Å². The standard InChI is InChI=1S/C15H29N3O2.2ClH/c1-20-13-15(5-8-16-9-6-15)14(19)17-7-4-12-18-10-2-3-11-18;;/h16H,2-13H2,1H3,(H,17,19);2*1H. The van der Waals surface area contributed by atoms with Gasteiger partial charge in [-0.15, -0.1) is 24.8 Å². The number of nitrogens with zero attached hydrogens (tertiary/aromatic N) is 1. The van der Waals surface area contributed by atoms with Gasteiger partial charge in [0, 0.05) is 13.7 Å². The first-order valence-electron chi connectivity index (χ1n) is 7.97. The second-order valence-corrected chi connectivity index (χ2v) is 6.12. The number of methoxy groups -OCH3 is 1. The lowest BCUT2D eigenvalue weighted by molar-refractivity contribution is -0.136. The molecule has 2 aliphatic rings. The Kier molecular flexibility index (Phi) is 11.4. The number of ether oxygens (including phenoxy) is 1. The summed E-state index contributed by atoms with van der Waals surface area (Å²) in [6.45, 7) is 6.70. The highest BCUT2D eigenvalue weighted by Crippen LogP contribution is 2.29. The molecule has 2 rings (SSSR count). The Balaban J connectivity index is 0.00000220. The average molecular weight is 356 g/mol. The van der Waals surface area contributed by atoms with Gasteiger partial charge in [-0.3, -0.25) is 4.79 Å². The molecule has 0 spiro atoms. The molecule has 0 atom stereocenters. The summed E-state index contributed by atoms with van der Waals surface area (Å²) in [6, 6.07) is 0. The number of piperidine rings is 1. The number of rotatable bonds is 7. The van der Waals surface area contributed by atoms with Gasteiger partial charge in [0.05, 0.1) is 12.0 Å². The molecule has 0 bridgehead atoms. The number of nitrogens with one attached hydrogen (secondary N) is 2. The van der Waals surface area contributed by atoms with Gasteiger partial charge in [0.15, 0.2) is 0 Å². The first kappa shape index (κ1) is 21.9. The Morgan fingerprint density at radius 3 is 2.45 bits per heavy atom. The molecule has 2 N–H and O–H groups in total. The average Bonchev–Trinajstić information content (AvgIpc) is 2.98. The minimum absolute atomic E-state index is 0. The molecule has 0 aromatic carbocycles. The van der Waals surface area contributed by atoms with E-state index in [1.54, 1.807) is 7.11 Å². The third-order valence-electron chi connectivity index (χ3n) is 4.60. The predicted molar refractivity (Wildman–Crippen MR) is 94.2 cm³/mol. The Bertz CT molecular complexity index is 302. The van der Waals surface area contributed by atoms with Crippen LogP contribution in [0.2, 0.25) is 0 Å². The van der Waals surface area contributed by atoms with Crippen LogP contribution in [0.5, 0.6) is 0 Å². The van der Waals surface area contributed by atoms with Crippen molar-refractivity contribution in [3.63, 3.8) is 0 Å². The van der Waals surface area contributed by atoms with Gasteiger partial charge in [0.1, 0.15) is 0 Å². The zero-order chi connectivity index (χ0) is 14.3. The first-order chi connectivity index (χ1) is 9.77. The highest BCUT2D eigenvalue weighted by atomic mass is 35.5. The predicted octanol–water partition coefficient (Wildman–Crippen LogP) is 1.45. The van der Waals surface area contributed by atoms with E-state index < -0.39 is 0 Å². The summed E-state index contributed by atoms with van der Waals surface area (Å²) >= 11 is 0. The summed E-state index contributed by atoms with van der Waals surface area (Å²) in [7, 11) is 1.68. The van der Waals surface area contributed by atoms with Crippen LogP contribution in [0.3, 0.4) is 0 Å². The van der Waals surface area contributed by atoms with E-state index in [0.29, 0.717) is 6.61 Å². The lowest BCUT2D eigenvalue weighted by atomic mass is 9.78. The molecule has 0 unspecified atom stereocenters. The topological polar surface area (TPSA) is 53.6 Å². The fourth-order valence-electron chi connectivity index (χ4n) is 3.32. The normalized spacial score (nSPS) is 20.8. The van der Waals surface area contributed by atoms with Crippen molar-refractivity contribution in [3.8, 4) is 0 Å². The molecule has 0 radical (unpaired) electrons. The second kappa shape index (κ2) is 11.5. The summed E-state index contributed by atoms with van der Waals surface area (Å²) in [4.78, 5) is 15.0. The zero-order valence-corrected chi connectivity index (χ0v) is 15.2. The molecule has 2 saturated heterocycles. The van der Waals surface area contributed by atoms with Crippen LogP contribution >= 0.6 is 24.8 Å². The van der Waals surface area contributed by atoms with Crippen LogP contribution in [-0.2, 0) is 9.53 Å². The molecule has 2 fully saturated rings. The third-order valence-corrected chi connectivity index (χ3v) is 4.60. The van der Waals surface area contributed by atoms with Crippen LogP contribution in [-0.4, -0.2) is 63.8 Å². The summed E-state index contributed by atoms with van der Waals surface area (Å²) in [5.41, 5.74) is -0.312. The Labute approximate surface area is 146 Å². The van der Waals surface area contributed by atoms with E-state index in [2.05, 4.69) is 15.5 Å². The van der Waals surface area contributed by atoms with Gasteiger partial charge in [0.2, 0.25) is 5.91 Å². The van der Waals surface area contributed by atoms with E-state index in [-0.39, 0.29) is 36.1 Å². The van der Waals surface area contributed by atoms with Gasteiger partial charge < -0.3 is 20.3 Å². The molecule has 0 aromatic rings. The summed E-state index contributed by atoms with van der Waals surface area (Å²) in [5.74, 6) is 0.183. The van der Waals surface area contributed by atoms with Crippen molar-refractivity contribution in [2.75, 3.05) is 53.0 Å². The molecule has 2 aliphatic heterocycles. The summed E-state index contributed by atoms with van der Waals surface area (Å²) in [6.07, 6.45) is 5.46. The number of carbonyl (C=O) groups is 1. The second-order valence-electron chi connectivity index (χ2n) is 6.12. The Morgan fingerprint density at radius 2 is 1.86 bits per heavy atom. The van der Waals surface area contributed by atoms with Crippen molar-refractivity contribution in [2.24, 2.45) is 5.41 Å². The fourth-order valence-corrected chi connectivity index (χ4v) is 3.32. The van der Waals surface area contributed by atoms with Gasteiger partial charge in [-0.25, -0.2) is 0 Å². The molecule has 0 saturated carbocycles. The van der Waals surface area contributed by atoms with Crippen molar-refractivity contribution in [2.45, 2.75) is 32.1 Å². The lowest BCUT2D eigenvalue weighted by Gasteiger charge is -2.35. The molecular formula is C15H31Cl2N3O2. The van der Waals surface area contributed by atoms with Crippen LogP contribution in [0.1, 0.15) is 32.1 Å². The van der Waals surface area contributed by atoms with Gasteiger partial charge in [-0.1, -0.05) is 0 Å². The number of likely N-dealkylation sites (tertiary alicyclic amines) is 1. The molecule has 2 heterocycles. The monoisotopic (exact) mass is 355 g/mol. The molecule has 7 heteroatoms. The molecule has 0 aromatic heterocycles. The van der Waals surface area contributed by atoms with Gasteiger partial charge in [0.25, 0.3) is 0 Å². The zero-order valence-electron chi connectivity index (χ0n) is 13.6. The van der Waals surface area contributed by atoms with Crippen LogP contribution in [0.15, 0.2) is 0 Å². The summed E-state index contributed by atoms with van der Waals surface area (Å²) < 4.78 is 5.30. The van der Waals surface area contributed by atoms with Crippen molar-refractivity contribution in [1.82, 2.24) is 15.5 Å². The molecular weight excluding hydrogens is 325 g/mol. The molecule has 0 aliphatic carbocycles. The minimum atomic E-state index is -0.312. The maximum Gasteiger partial charge on any atom is 0.228 e. The molecule has 5 nitrogen and oxygen atoms in total. The fraction of sp³-hybridized carbons (Fsp3) is 0.933. The molecule has 1 amide bonds. The Morgan fingerprint density at radius 1 is 1.23 bits per heavy atom. The maximum atomic E-state index is 12.5. The van der Waals surface area contributed by atoms with Crippen LogP contribution in [0.4, 0.5) is 0 Å². The van der Waals surface area contributed by atoms with Gasteiger partial charge >= 0.3 is 0 Å². The minimum Gasteiger partial charge on any atom is -0.384 e. The van der Waals surface area contributed by atoms with E-state index in [9.17, 15) is 4.79 Å². The first-order valence-corrected chi connectivity index (χ1v) is 7.97. The summed E-state index contributed by atoms with van der Waals surface area (Å²) in [5, 5.41) is 6.44. The van der Waals surface area contributed by atoms with E-state index in [1.807, 2.05) is 0 Å². The highest BCUT2D eigenvalue weighted by Gasteiger charge is 2.39. The number of hydrogen-bond donors (Lipinski definition) is 2. The number of hydrogen-bond acceptors (Lipinski definition) is 4. The number of carbonyl (C=O) groups excluding carboxylic acids is 1. The SMILES string of the molecule is COCC1(C(=O)NCCCN2CCCC2)CCNCC1.Cl.Cl. The third kappa shape index (κ3) is 6.20. The van der Waals surface area contributed by atoms with Gasteiger partial charge in [-0.05, 0) is 64.8 Å². The quantitative estimate of drug-likeness (QED) is 0.678. The maximum absolute atomic E-state index is 12.5. The van der Waals surface area contributed by atoms with Crippen LogP contribution in [0.25, 0.3) is 0 Å². The molecule has 22 heavy (non-hydrogen) atoms. The van der Waals surface area contributed by atoms with E-state index >= 15 is 0 Å². The van der Waals surface area contributed by atoms with Crippen molar-refractivity contribution >= 4 is 30.7 Å². The lowest BCUT2D eigenvalue weighted by Crippen LogP contribution is -2.50. The smallest absolute Gasteiger partial charge is 0.228 e. The van der Waals surface area contributed by atoms with Crippen LogP contribution in [0, 0.1) is 5.41 Å². The Hall–Kier alpha value is -0.0700. The van der Waals surface area contributed by atoms with E-state index in [4.69, 9.17) is 4.74 Å². The van der Waals surface area contributed by atoms with Gasteiger partial charge in [-0.2, -0.15) is 0 Å². The largest absolute Gasteiger partial charge is 0.384 e. The number of amides is 1. The number of halogens is 2. The van der Waals surface area contributed by atoms with Crippen LogP contribution < -0.4 is 10.6 Å².